The number of aromatic nitrogens is 2. The molecule has 0 radical (unpaired) electrons. The normalized spacial score (nSPS) is 17.7. The molecule has 0 aromatic carbocycles. The number of aromatic amines is 1. The van der Waals surface area contributed by atoms with Crippen molar-refractivity contribution in [2.24, 2.45) is 5.73 Å². The van der Waals surface area contributed by atoms with Gasteiger partial charge in [-0.1, -0.05) is 0 Å². The van der Waals surface area contributed by atoms with Crippen LogP contribution in [0, 0.1) is 16.7 Å². The highest BCUT2D eigenvalue weighted by molar-refractivity contribution is 5.97. The quantitative estimate of drug-likeness (QED) is 0.610. The Labute approximate surface area is 151 Å². The predicted molar refractivity (Wildman–Crippen MR) is 100 cm³/mol. The SMILES string of the molecule is N#CCC(=O)N1CCC[C@@H](Nc2c(/C(N)=C/C=N)cnc3[nH]ccc23)C1. The first-order valence-corrected chi connectivity index (χ1v) is 8.48. The van der Waals surface area contributed by atoms with E-state index in [2.05, 4.69) is 15.3 Å². The summed E-state index contributed by atoms with van der Waals surface area (Å²) in [5.74, 6) is -0.135. The molecule has 3 rings (SSSR count). The molecule has 5 N–H and O–H groups in total. The molecule has 0 unspecified atom stereocenters. The molecule has 8 nitrogen and oxygen atoms in total. The van der Waals surface area contributed by atoms with Crippen molar-refractivity contribution in [1.29, 1.82) is 10.7 Å². The third-order valence-corrected chi connectivity index (χ3v) is 4.51. The molecule has 0 saturated carbocycles. The Kier molecular flexibility index (Phi) is 5.17. The maximum absolute atomic E-state index is 12.0. The summed E-state index contributed by atoms with van der Waals surface area (Å²) in [4.78, 5) is 21.2. The number of anilines is 1. The first kappa shape index (κ1) is 17.5. The van der Waals surface area contributed by atoms with Crippen molar-refractivity contribution in [3.05, 3.63) is 30.1 Å². The van der Waals surface area contributed by atoms with E-state index in [1.807, 2.05) is 18.3 Å². The van der Waals surface area contributed by atoms with Gasteiger partial charge in [-0.15, -0.1) is 0 Å². The predicted octanol–water partition coefficient (Wildman–Crippen LogP) is 1.83. The number of amides is 1. The van der Waals surface area contributed by atoms with E-state index in [1.165, 1.54) is 6.08 Å². The Bertz CT molecular complexity index is 893. The minimum Gasteiger partial charge on any atom is -0.398 e. The highest BCUT2D eigenvalue weighted by Gasteiger charge is 2.25. The number of fused-ring (bicyclic) bond motifs is 1. The monoisotopic (exact) mass is 351 g/mol. The van der Waals surface area contributed by atoms with Gasteiger partial charge in [0.05, 0.1) is 11.8 Å². The van der Waals surface area contributed by atoms with Crippen LogP contribution in [0.5, 0.6) is 0 Å². The van der Waals surface area contributed by atoms with Crippen molar-refractivity contribution in [1.82, 2.24) is 14.9 Å². The molecule has 2 aromatic heterocycles. The molecule has 1 atom stereocenters. The third kappa shape index (κ3) is 3.52. The van der Waals surface area contributed by atoms with Crippen molar-refractivity contribution in [3.63, 3.8) is 0 Å². The number of nitrogens with zero attached hydrogens (tertiary/aromatic N) is 3. The molecule has 1 aliphatic heterocycles. The van der Waals surface area contributed by atoms with E-state index in [4.69, 9.17) is 16.4 Å². The maximum atomic E-state index is 12.0. The lowest BCUT2D eigenvalue weighted by molar-refractivity contribution is -0.131. The molecule has 0 aliphatic carbocycles. The van der Waals surface area contributed by atoms with Crippen LogP contribution in [0.2, 0.25) is 0 Å². The number of allylic oxidation sites excluding steroid dienone is 1. The lowest BCUT2D eigenvalue weighted by Gasteiger charge is -2.34. The highest BCUT2D eigenvalue weighted by Crippen LogP contribution is 2.30. The summed E-state index contributed by atoms with van der Waals surface area (Å²) < 4.78 is 0. The Balaban J connectivity index is 1.90. The minimum atomic E-state index is -0.135. The number of nitrogens with two attached hydrogens (primary N) is 1. The zero-order valence-corrected chi connectivity index (χ0v) is 14.3. The second-order valence-corrected chi connectivity index (χ2v) is 6.23. The van der Waals surface area contributed by atoms with Gasteiger partial charge in [-0.05, 0) is 25.0 Å². The molecule has 1 amide bonds. The van der Waals surface area contributed by atoms with Crippen LogP contribution in [-0.4, -0.2) is 46.1 Å². The van der Waals surface area contributed by atoms with Gasteiger partial charge in [-0.2, -0.15) is 5.26 Å². The lowest BCUT2D eigenvalue weighted by atomic mass is 10.0. The molecular formula is C18H21N7O. The van der Waals surface area contributed by atoms with E-state index in [0.29, 0.717) is 18.8 Å². The van der Waals surface area contributed by atoms with Crippen LogP contribution < -0.4 is 11.1 Å². The average molecular weight is 351 g/mol. The minimum absolute atomic E-state index is 0.0541. The molecule has 26 heavy (non-hydrogen) atoms. The topological polar surface area (TPSA) is 135 Å². The Morgan fingerprint density at radius 3 is 3.23 bits per heavy atom. The Morgan fingerprint density at radius 1 is 1.62 bits per heavy atom. The first-order valence-electron chi connectivity index (χ1n) is 8.48. The number of hydrogen-bond donors (Lipinski definition) is 4. The van der Waals surface area contributed by atoms with Crippen LogP contribution in [0.3, 0.4) is 0 Å². The summed E-state index contributed by atoms with van der Waals surface area (Å²) in [5.41, 5.74) is 8.86. The fraction of sp³-hybridized carbons (Fsp3) is 0.333. The number of hydrogen-bond acceptors (Lipinski definition) is 6. The number of rotatable bonds is 5. The molecule has 1 fully saturated rings. The number of nitriles is 1. The van der Waals surface area contributed by atoms with Crippen molar-refractivity contribution < 1.29 is 4.79 Å². The van der Waals surface area contributed by atoms with Gasteiger partial charge < -0.3 is 26.3 Å². The van der Waals surface area contributed by atoms with Crippen LogP contribution >= 0.6 is 0 Å². The van der Waals surface area contributed by atoms with E-state index in [9.17, 15) is 4.79 Å². The van der Waals surface area contributed by atoms with Crippen LogP contribution in [0.25, 0.3) is 16.7 Å². The second-order valence-electron chi connectivity index (χ2n) is 6.23. The van der Waals surface area contributed by atoms with E-state index in [-0.39, 0.29) is 18.4 Å². The number of likely N-dealkylation sites (tertiary alicyclic amines) is 1. The summed E-state index contributed by atoms with van der Waals surface area (Å²) in [5, 5.41) is 20.4. The van der Waals surface area contributed by atoms with Gasteiger partial charge in [0.1, 0.15) is 12.1 Å². The number of nitrogens with one attached hydrogen (secondary N) is 3. The maximum Gasteiger partial charge on any atom is 0.236 e. The highest BCUT2D eigenvalue weighted by atomic mass is 16.2. The van der Waals surface area contributed by atoms with Crippen LogP contribution in [0.1, 0.15) is 24.8 Å². The zero-order valence-electron chi connectivity index (χ0n) is 14.3. The van der Waals surface area contributed by atoms with E-state index in [0.717, 1.165) is 41.3 Å². The van der Waals surface area contributed by atoms with Crippen molar-refractivity contribution >= 4 is 34.5 Å². The smallest absolute Gasteiger partial charge is 0.236 e. The second kappa shape index (κ2) is 7.70. The average Bonchev–Trinajstić information content (AvgIpc) is 3.12. The largest absolute Gasteiger partial charge is 0.398 e. The summed E-state index contributed by atoms with van der Waals surface area (Å²) >= 11 is 0. The Hall–Kier alpha value is -3.34. The number of H-pyrrole nitrogens is 1. The van der Waals surface area contributed by atoms with Gasteiger partial charge in [0.25, 0.3) is 0 Å². The van der Waals surface area contributed by atoms with Crippen molar-refractivity contribution in [3.8, 4) is 6.07 Å². The number of pyridine rings is 1. The molecular weight excluding hydrogens is 330 g/mol. The Morgan fingerprint density at radius 2 is 2.46 bits per heavy atom. The molecule has 134 valence electrons. The van der Waals surface area contributed by atoms with Crippen molar-refractivity contribution in [2.75, 3.05) is 18.4 Å². The van der Waals surface area contributed by atoms with Gasteiger partial charge >= 0.3 is 0 Å². The first-order chi connectivity index (χ1) is 12.6. The number of carbonyl (C=O) groups excluding carboxylic acids is 1. The fourth-order valence-corrected chi connectivity index (χ4v) is 3.27. The summed E-state index contributed by atoms with van der Waals surface area (Å²) in [7, 11) is 0. The summed E-state index contributed by atoms with van der Waals surface area (Å²) in [6.45, 7) is 1.22. The zero-order chi connectivity index (χ0) is 18.5. The van der Waals surface area contributed by atoms with Crippen LogP contribution in [-0.2, 0) is 4.79 Å². The molecule has 0 spiro atoms. The molecule has 8 heteroatoms. The van der Waals surface area contributed by atoms with Crippen LogP contribution in [0.15, 0.2) is 24.5 Å². The van der Waals surface area contributed by atoms with E-state index >= 15 is 0 Å². The third-order valence-electron chi connectivity index (χ3n) is 4.51. The fourth-order valence-electron chi connectivity index (χ4n) is 3.27. The summed E-state index contributed by atoms with van der Waals surface area (Å²) in [6.07, 6.45) is 7.85. The van der Waals surface area contributed by atoms with Gasteiger partial charge in [-0.3, -0.25) is 4.79 Å². The molecule has 2 aromatic rings. The van der Waals surface area contributed by atoms with Crippen LogP contribution in [0.4, 0.5) is 5.69 Å². The molecule has 3 heterocycles. The summed E-state index contributed by atoms with van der Waals surface area (Å²) in [6, 6.07) is 3.90. The standard InChI is InChI=1S/C18H21N7O/c19-6-3-15(21)14-10-23-18-13(5-8-22-18)17(14)24-12-2-1-9-25(11-12)16(26)4-7-20/h3,5-6,8,10,12,19H,1-2,4,9,11,21H2,(H2,22,23,24)/b15-3-,19-6?/t12-/m1/s1. The number of piperidine rings is 1. The van der Waals surface area contributed by atoms with Gasteiger partial charge in [0.2, 0.25) is 5.91 Å². The van der Waals surface area contributed by atoms with Gasteiger partial charge in [0, 0.05) is 54.4 Å². The van der Waals surface area contributed by atoms with Crippen molar-refractivity contribution in [2.45, 2.75) is 25.3 Å². The van der Waals surface area contributed by atoms with Gasteiger partial charge in [0.15, 0.2) is 0 Å². The van der Waals surface area contributed by atoms with E-state index < -0.39 is 0 Å². The molecule has 1 aliphatic rings. The lowest BCUT2D eigenvalue weighted by Crippen LogP contribution is -2.45. The number of carbonyl (C=O) groups is 1. The molecule has 0 bridgehead atoms. The van der Waals surface area contributed by atoms with Gasteiger partial charge in [-0.25, -0.2) is 4.98 Å². The molecule has 1 saturated heterocycles. The van der Waals surface area contributed by atoms with E-state index in [1.54, 1.807) is 11.1 Å².